The standard InChI is InChI=1S/C21H28N4O/c1-21(2,3)17-8-4-5-9-18(17)23-16-20(26)25-14-12-24(13-15-25)19-10-6-7-11-22-19/h4-11,23H,12-16H2,1-3H3. The Morgan fingerprint density at radius 2 is 1.73 bits per heavy atom. The van der Waals surface area contributed by atoms with E-state index in [1.807, 2.05) is 47.5 Å². The maximum atomic E-state index is 12.6. The molecule has 26 heavy (non-hydrogen) atoms. The molecule has 0 bridgehead atoms. The summed E-state index contributed by atoms with van der Waals surface area (Å²) in [7, 11) is 0. The summed E-state index contributed by atoms with van der Waals surface area (Å²) in [6.07, 6.45) is 1.81. The summed E-state index contributed by atoms with van der Waals surface area (Å²) in [5.74, 6) is 1.13. The third kappa shape index (κ3) is 4.34. The van der Waals surface area contributed by atoms with Crippen molar-refractivity contribution in [3.8, 4) is 0 Å². The number of para-hydroxylation sites is 1. The van der Waals surface area contributed by atoms with Gasteiger partial charge in [0.1, 0.15) is 5.82 Å². The maximum absolute atomic E-state index is 12.6. The Balaban J connectivity index is 1.54. The van der Waals surface area contributed by atoms with E-state index in [0.717, 1.165) is 37.7 Å². The highest BCUT2D eigenvalue weighted by atomic mass is 16.2. The van der Waals surface area contributed by atoms with Crippen molar-refractivity contribution in [1.82, 2.24) is 9.88 Å². The van der Waals surface area contributed by atoms with Crippen molar-refractivity contribution in [2.24, 2.45) is 0 Å². The van der Waals surface area contributed by atoms with Gasteiger partial charge in [0, 0.05) is 38.1 Å². The van der Waals surface area contributed by atoms with Gasteiger partial charge in [-0.15, -0.1) is 0 Å². The van der Waals surface area contributed by atoms with Crippen LogP contribution in [0.15, 0.2) is 48.7 Å². The van der Waals surface area contributed by atoms with Crippen LogP contribution in [0.5, 0.6) is 0 Å². The molecule has 1 aliphatic rings. The summed E-state index contributed by atoms with van der Waals surface area (Å²) in [4.78, 5) is 21.2. The fraction of sp³-hybridized carbons (Fsp3) is 0.429. The molecule has 2 heterocycles. The van der Waals surface area contributed by atoms with Crippen LogP contribution in [0.3, 0.4) is 0 Å². The Hall–Kier alpha value is -2.56. The largest absolute Gasteiger partial charge is 0.376 e. The number of anilines is 2. The van der Waals surface area contributed by atoms with Crippen LogP contribution in [0.25, 0.3) is 0 Å². The van der Waals surface area contributed by atoms with Crippen molar-refractivity contribution in [3.05, 3.63) is 54.2 Å². The number of carbonyl (C=O) groups is 1. The normalized spacial score (nSPS) is 15.0. The molecular weight excluding hydrogens is 324 g/mol. The van der Waals surface area contributed by atoms with Gasteiger partial charge in [0.2, 0.25) is 5.91 Å². The fourth-order valence-electron chi connectivity index (χ4n) is 3.30. The quantitative estimate of drug-likeness (QED) is 0.918. The third-order valence-corrected chi connectivity index (χ3v) is 4.77. The molecule has 0 spiro atoms. The Kier molecular flexibility index (Phi) is 5.45. The number of hydrogen-bond donors (Lipinski definition) is 1. The van der Waals surface area contributed by atoms with E-state index in [2.05, 4.69) is 42.0 Å². The molecule has 1 aliphatic heterocycles. The lowest BCUT2D eigenvalue weighted by Gasteiger charge is -2.35. The van der Waals surface area contributed by atoms with Crippen LogP contribution in [-0.2, 0) is 10.2 Å². The van der Waals surface area contributed by atoms with Gasteiger partial charge in [0.05, 0.1) is 6.54 Å². The molecule has 0 radical (unpaired) electrons. The molecule has 1 aromatic carbocycles. The lowest BCUT2D eigenvalue weighted by Crippen LogP contribution is -2.50. The number of piperazine rings is 1. The van der Waals surface area contributed by atoms with Crippen LogP contribution in [0.1, 0.15) is 26.3 Å². The first kappa shape index (κ1) is 18.2. The molecule has 0 unspecified atom stereocenters. The molecule has 138 valence electrons. The number of amides is 1. The zero-order valence-corrected chi connectivity index (χ0v) is 15.9. The lowest BCUT2D eigenvalue weighted by molar-refractivity contribution is -0.129. The maximum Gasteiger partial charge on any atom is 0.241 e. The van der Waals surface area contributed by atoms with Crippen LogP contribution in [0.2, 0.25) is 0 Å². The van der Waals surface area contributed by atoms with Gasteiger partial charge >= 0.3 is 0 Å². The smallest absolute Gasteiger partial charge is 0.241 e. The van der Waals surface area contributed by atoms with E-state index in [1.54, 1.807) is 0 Å². The average molecular weight is 352 g/mol. The lowest BCUT2D eigenvalue weighted by atomic mass is 9.86. The summed E-state index contributed by atoms with van der Waals surface area (Å²) in [5.41, 5.74) is 2.31. The van der Waals surface area contributed by atoms with Gasteiger partial charge < -0.3 is 15.1 Å². The molecule has 1 saturated heterocycles. The van der Waals surface area contributed by atoms with Gasteiger partial charge in [-0.25, -0.2) is 4.98 Å². The van der Waals surface area contributed by atoms with E-state index in [0.29, 0.717) is 6.54 Å². The molecule has 5 nitrogen and oxygen atoms in total. The summed E-state index contributed by atoms with van der Waals surface area (Å²) < 4.78 is 0. The molecule has 0 saturated carbocycles. The number of nitrogens with one attached hydrogen (secondary N) is 1. The van der Waals surface area contributed by atoms with Crippen molar-refractivity contribution in [2.75, 3.05) is 42.9 Å². The number of carbonyl (C=O) groups excluding carboxylic acids is 1. The highest BCUT2D eigenvalue weighted by molar-refractivity contribution is 5.81. The molecule has 1 amide bonds. The first-order valence-electron chi connectivity index (χ1n) is 9.22. The minimum atomic E-state index is 0.0426. The van der Waals surface area contributed by atoms with Gasteiger partial charge in [-0.3, -0.25) is 4.79 Å². The van der Waals surface area contributed by atoms with Gasteiger partial charge in [-0.05, 0) is 29.2 Å². The molecule has 0 atom stereocenters. The van der Waals surface area contributed by atoms with Crippen molar-refractivity contribution >= 4 is 17.4 Å². The van der Waals surface area contributed by atoms with Crippen LogP contribution >= 0.6 is 0 Å². The predicted octanol–water partition coefficient (Wildman–Crippen LogP) is 3.14. The Morgan fingerprint density at radius 3 is 2.38 bits per heavy atom. The first-order chi connectivity index (χ1) is 12.4. The number of aromatic nitrogens is 1. The minimum absolute atomic E-state index is 0.0426. The molecule has 5 heteroatoms. The van der Waals surface area contributed by atoms with E-state index >= 15 is 0 Å². The molecule has 1 N–H and O–H groups in total. The Morgan fingerprint density at radius 1 is 1.04 bits per heavy atom. The summed E-state index contributed by atoms with van der Waals surface area (Å²) in [5, 5.41) is 3.34. The van der Waals surface area contributed by atoms with Gasteiger partial charge in [0.25, 0.3) is 0 Å². The average Bonchev–Trinajstić information content (AvgIpc) is 2.66. The number of benzene rings is 1. The van der Waals surface area contributed by atoms with Crippen molar-refractivity contribution in [3.63, 3.8) is 0 Å². The van der Waals surface area contributed by atoms with E-state index < -0.39 is 0 Å². The second-order valence-corrected chi connectivity index (χ2v) is 7.70. The van der Waals surface area contributed by atoms with Gasteiger partial charge in [-0.2, -0.15) is 0 Å². The van der Waals surface area contributed by atoms with Crippen LogP contribution in [-0.4, -0.2) is 48.5 Å². The Labute approximate surface area is 156 Å². The molecule has 2 aromatic rings. The van der Waals surface area contributed by atoms with Crippen LogP contribution in [0.4, 0.5) is 11.5 Å². The van der Waals surface area contributed by atoms with E-state index in [1.165, 1.54) is 5.56 Å². The molecule has 1 aromatic heterocycles. The zero-order chi connectivity index (χ0) is 18.6. The molecule has 1 fully saturated rings. The topological polar surface area (TPSA) is 48.5 Å². The van der Waals surface area contributed by atoms with E-state index in [9.17, 15) is 4.79 Å². The number of rotatable bonds is 4. The molecule has 0 aliphatic carbocycles. The van der Waals surface area contributed by atoms with Crippen molar-refractivity contribution in [1.29, 1.82) is 0 Å². The Bertz CT molecular complexity index is 731. The summed E-state index contributed by atoms with van der Waals surface area (Å²) in [6, 6.07) is 14.2. The second-order valence-electron chi connectivity index (χ2n) is 7.70. The second kappa shape index (κ2) is 7.77. The monoisotopic (exact) mass is 352 g/mol. The van der Waals surface area contributed by atoms with Crippen molar-refractivity contribution < 1.29 is 4.79 Å². The highest BCUT2D eigenvalue weighted by Gasteiger charge is 2.22. The third-order valence-electron chi connectivity index (χ3n) is 4.77. The number of pyridine rings is 1. The fourth-order valence-corrected chi connectivity index (χ4v) is 3.30. The minimum Gasteiger partial charge on any atom is -0.376 e. The predicted molar refractivity (Wildman–Crippen MR) is 107 cm³/mol. The van der Waals surface area contributed by atoms with E-state index in [-0.39, 0.29) is 11.3 Å². The van der Waals surface area contributed by atoms with Gasteiger partial charge in [0.15, 0.2) is 0 Å². The zero-order valence-electron chi connectivity index (χ0n) is 15.9. The first-order valence-corrected chi connectivity index (χ1v) is 9.22. The molecular formula is C21H28N4O. The number of hydrogen-bond acceptors (Lipinski definition) is 4. The summed E-state index contributed by atoms with van der Waals surface area (Å²) in [6.45, 7) is 10.00. The summed E-state index contributed by atoms with van der Waals surface area (Å²) >= 11 is 0. The van der Waals surface area contributed by atoms with Crippen LogP contribution < -0.4 is 10.2 Å². The van der Waals surface area contributed by atoms with Gasteiger partial charge in [-0.1, -0.05) is 45.0 Å². The van der Waals surface area contributed by atoms with Crippen LogP contribution in [0, 0.1) is 0 Å². The van der Waals surface area contributed by atoms with E-state index in [4.69, 9.17) is 0 Å². The highest BCUT2D eigenvalue weighted by Crippen LogP contribution is 2.29. The number of nitrogens with zero attached hydrogens (tertiary/aromatic N) is 3. The SMILES string of the molecule is CC(C)(C)c1ccccc1NCC(=O)N1CCN(c2ccccn2)CC1. The van der Waals surface area contributed by atoms with Crippen molar-refractivity contribution in [2.45, 2.75) is 26.2 Å². The molecule has 3 rings (SSSR count).